The van der Waals surface area contributed by atoms with Crippen LogP contribution in [0.3, 0.4) is 0 Å². The summed E-state index contributed by atoms with van der Waals surface area (Å²) in [6.45, 7) is 3.76. The lowest BCUT2D eigenvalue weighted by Gasteiger charge is -2.14. The SMILES string of the molecule is CC(C)NC(=O)O[C@H]1CC[C@@H](c2cc(Nc3ccc(S(C)(=N)=O)c(F)c3)n[nH]2)C1. The van der Waals surface area contributed by atoms with Gasteiger partial charge in [-0.05, 0) is 51.3 Å². The van der Waals surface area contributed by atoms with Crippen LogP contribution in [0, 0.1) is 10.6 Å². The molecule has 1 aromatic heterocycles. The summed E-state index contributed by atoms with van der Waals surface area (Å²) in [6, 6.07) is 6.00. The molecular weight excluding hydrogens is 397 g/mol. The van der Waals surface area contributed by atoms with Crippen molar-refractivity contribution in [3.8, 4) is 0 Å². The van der Waals surface area contributed by atoms with Gasteiger partial charge in [0, 0.05) is 35.7 Å². The first kappa shape index (κ1) is 21.1. The highest BCUT2D eigenvalue weighted by molar-refractivity contribution is 7.91. The molecule has 0 aliphatic heterocycles. The van der Waals surface area contributed by atoms with Crippen molar-refractivity contribution >= 4 is 27.3 Å². The molecule has 1 fully saturated rings. The molecule has 1 aromatic carbocycles. The van der Waals surface area contributed by atoms with Gasteiger partial charge in [-0.1, -0.05) is 0 Å². The van der Waals surface area contributed by atoms with Crippen LogP contribution in [-0.4, -0.2) is 38.9 Å². The summed E-state index contributed by atoms with van der Waals surface area (Å²) in [5, 5.41) is 12.9. The van der Waals surface area contributed by atoms with E-state index in [1.807, 2.05) is 19.9 Å². The van der Waals surface area contributed by atoms with Crippen molar-refractivity contribution in [2.75, 3.05) is 11.6 Å². The molecule has 2 aromatic rings. The zero-order valence-electron chi connectivity index (χ0n) is 16.6. The third-order valence-corrected chi connectivity index (χ3v) is 5.90. The minimum absolute atomic E-state index is 0.0322. The van der Waals surface area contributed by atoms with E-state index in [0.29, 0.717) is 17.9 Å². The molecule has 3 rings (SSSR count). The van der Waals surface area contributed by atoms with Crippen LogP contribution in [0.2, 0.25) is 0 Å². The van der Waals surface area contributed by atoms with E-state index in [4.69, 9.17) is 9.52 Å². The fourth-order valence-electron chi connectivity index (χ4n) is 3.40. The molecule has 0 radical (unpaired) electrons. The third-order valence-electron chi connectivity index (χ3n) is 4.73. The standard InChI is InChI=1S/C19H26FN5O3S/c1-11(2)22-19(26)28-14-6-4-12(8-14)16-10-18(25-24-16)23-13-5-7-17(15(20)9-13)29(3,21)27/h5,7,9-12,14,21H,4,6,8H2,1-3H3,(H,22,26)(H2,23,24,25)/t12-,14+,29?/m1/s1. The number of carbonyl (C=O) groups excluding carboxylic acids is 1. The maximum absolute atomic E-state index is 14.1. The average molecular weight is 424 g/mol. The number of ether oxygens (including phenoxy) is 1. The first-order valence-corrected chi connectivity index (χ1v) is 11.4. The molecule has 1 saturated carbocycles. The maximum atomic E-state index is 14.1. The number of nitrogens with zero attached hydrogens (tertiary/aromatic N) is 1. The fourth-order valence-corrected chi connectivity index (χ4v) is 4.16. The lowest BCUT2D eigenvalue weighted by atomic mass is 10.0. The molecule has 1 heterocycles. The molecular formula is C19H26FN5O3S. The van der Waals surface area contributed by atoms with Crippen LogP contribution in [0.5, 0.6) is 0 Å². The van der Waals surface area contributed by atoms with E-state index in [1.165, 1.54) is 18.4 Å². The Hall–Kier alpha value is -2.62. The van der Waals surface area contributed by atoms with Crippen LogP contribution in [0.4, 0.5) is 20.7 Å². The van der Waals surface area contributed by atoms with Gasteiger partial charge >= 0.3 is 6.09 Å². The minimum atomic E-state index is -3.12. The molecule has 29 heavy (non-hydrogen) atoms. The van der Waals surface area contributed by atoms with E-state index in [0.717, 1.165) is 18.5 Å². The Balaban J connectivity index is 1.60. The lowest BCUT2D eigenvalue weighted by Crippen LogP contribution is -2.33. The number of anilines is 2. The first-order chi connectivity index (χ1) is 13.6. The van der Waals surface area contributed by atoms with Gasteiger partial charge in [0.2, 0.25) is 0 Å². The number of rotatable bonds is 6. The summed E-state index contributed by atoms with van der Waals surface area (Å²) < 4.78 is 38.8. The van der Waals surface area contributed by atoms with E-state index in [2.05, 4.69) is 20.8 Å². The van der Waals surface area contributed by atoms with Gasteiger partial charge in [-0.25, -0.2) is 18.2 Å². The summed E-state index contributed by atoms with van der Waals surface area (Å²) in [4.78, 5) is 11.6. The van der Waals surface area contributed by atoms with E-state index in [-0.39, 0.29) is 23.0 Å². The van der Waals surface area contributed by atoms with Crippen molar-refractivity contribution in [3.63, 3.8) is 0 Å². The number of H-pyrrole nitrogens is 1. The van der Waals surface area contributed by atoms with Gasteiger partial charge in [-0.3, -0.25) is 5.10 Å². The Labute approximate surface area is 169 Å². The van der Waals surface area contributed by atoms with Crippen molar-refractivity contribution in [2.45, 2.75) is 56.1 Å². The van der Waals surface area contributed by atoms with Crippen molar-refractivity contribution in [1.82, 2.24) is 15.5 Å². The average Bonchev–Trinajstić information content (AvgIpc) is 3.22. The summed E-state index contributed by atoms with van der Waals surface area (Å²) in [5.74, 6) is 0.0305. The fraction of sp³-hybridized carbons (Fsp3) is 0.474. The van der Waals surface area contributed by atoms with Gasteiger partial charge in [-0.2, -0.15) is 5.10 Å². The number of hydrogen-bond acceptors (Lipinski definition) is 6. The Morgan fingerprint density at radius 1 is 1.38 bits per heavy atom. The Bertz CT molecular complexity index is 989. The molecule has 1 aliphatic carbocycles. The highest BCUT2D eigenvalue weighted by atomic mass is 32.2. The number of nitrogens with one attached hydrogen (secondary N) is 4. The third kappa shape index (κ3) is 5.47. The number of amides is 1. The minimum Gasteiger partial charge on any atom is -0.446 e. The number of aromatic amines is 1. The lowest BCUT2D eigenvalue weighted by molar-refractivity contribution is 0.0981. The van der Waals surface area contributed by atoms with Crippen molar-refractivity contribution in [1.29, 1.82) is 4.78 Å². The molecule has 8 nitrogen and oxygen atoms in total. The maximum Gasteiger partial charge on any atom is 0.407 e. The van der Waals surface area contributed by atoms with Crippen molar-refractivity contribution in [2.24, 2.45) is 0 Å². The van der Waals surface area contributed by atoms with Gasteiger partial charge in [0.1, 0.15) is 11.9 Å². The van der Waals surface area contributed by atoms with Gasteiger partial charge in [0.05, 0.1) is 14.6 Å². The topological polar surface area (TPSA) is 120 Å². The van der Waals surface area contributed by atoms with Gasteiger partial charge < -0.3 is 15.4 Å². The molecule has 1 amide bonds. The highest BCUT2D eigenvalue weighted by Crippen LogP contribution is 2.36. The van der Waals surface area contributed by atoms with Gasteiger partial charge in [0.25, 0.3) is 0 Å². The smallest absolute Gasteiger partial charge is 0.407 e. The Kier molecular flexibility index (Phi) is 6.11. The van der Waals surface area contributed by atoms with Gasteiger partial charge in [-0.15, -0.1) is 0 Å². The second-order valence-corrected chi connectivity index (χ2v) is 9.79. The number of benzene rings is 1. The highest BCUT2D eigenvalue weighted by Gasteiger charge is 2.30. The normalized spacial score (nSPS) is 21.0. The molecule has 4 N–H and O–H groups in total. The van der Waals surface area contributed by atoms with Crippen molar-refractivity contribution in [3.05, 3.63) is 35.8 Å². The quantitative estimate of drug-likeness (QED) is 0.558. The molecule has 0 saturated heterocycles. The van der Waals surface area contributed by atoms with Crippen LogP contribution < -0.4 is 10.6 Å². The second kappa shape index (κ2) is 8.40. The van der Waals surface area contributed by atoms with E-state index in [1.54, 1.807) is 6.07 Å². The molecule has 1 aliphatic rings. The number of aromatic nitrogens is 2. The molecule has 158 valence electrons. The molecule has 0 bridgehead atoms. The Morgan fingerprint density at radius 2 is 2.14 bits per heavy atom. The molecule has 3 atom stereocenters. The predicted octanol–water partition coefficient (Wildman–Crippen LogP) is 4.10. The largest absolute Gasteiger partial charge is 0.446 e. The van der Waals surface area contributed by atoms with Crippen LogP contribution >= 0.6 is 0 Å². The van der Waals surface area contributed by atoms with E-state index < -0.39 is 21.6 Å². The first-order valence-electron chi connectivity index (χ1n) is 9.44. The Morgan fingerprint density at radius 3 is 2.79 bits per heavy atom. The summed E-state index contributed by atoms with van der Waals surface area (Å²) in [5.41, 5.74) is 1.37. The summed E-state index contributed by atoms with van der Waals surface area (Å²) in [6.07, 6.45) is 3.03. The van der Waals surface area contributed by atoms with E-state index in [9.17, 15) is 13.4 Å². The summed E-state index contributed by atoms with van der Waals surface area (Å²) >= 11 is 0. The number of hydrogen-bond donors (Lipinski definition) is 4. The zero-order valence-corrected chi connectivity index (χ0v) is 17.4. The zero-order chi connectivity index (χ0) is 21.2. The number of halogens is 1. The molecule has 1 unspecified atom stereocenters. The van der Waals surface area contributed by atoms with E-state index >= 15 is 0 Å². The van der Waals surface area contributed by atoms with Crippen LogP contribution in [-0.2, 0) is 14.5 Å². The monoisotopic (exact) mass is 423 g/mol. The number of alkyl carbamates (subject to hydrolysis) is 1. The predicted molar refractivity (Wildman–Crippen MR) is 108 cm³/mol. The van der Waals surface area contributed by atoms with Crippen molar-refractivity contribution < 1.29 is 18.1 Å². The van der Waals surface area contributed by atoms with Crippen LogP contribution in [0.25, 0.3) is 0 Å². The van der Waals surface area contributed by atoms with Gasteiger partial charge in [0.15, 0.2) is 5.82 Å². The van der Waals surface area contributed by atoms with Crippen LogP contribution in [0.1, 0.15) is 44.7 Å². The second-order valence-electron chi connectivity index (χ2n) is 7.66. The van der Waals surface area contributed by atoms with Crippen LogP contribution in [0.15, 0.2) is 29.2 Å². The molecule has 0 spiro atoms. The summed E-state index contributed by atoms with van der Waals surface area (Å²) in [7, 11) is -3.12. The molecule has 10 heteroatoms. The number of carbonyl (C=O) groups is 1.